The second-order valence-electron chi connectivity index (χ2n) is 7.19. The van der Waals surface area contributed by atoms with Crippen molar-refractivity contribution in [3.8, 4) is 0 Å². The molecule has 2 heterocycles. The quantitative estimate of drug-likeness (QED) is 0.849. The van der Waals surface area contributed by atoms with Gasteiger partial charge in [0.2, 0.25) is 0 Å². The summed E-state index contributed by atoms with van der Waals surface area (Å²) < 4.78 is 11.7. The number of piperidine rings is 1. The van der Waals surface area contributed by atoms with E-state index in [-0.39, 0.29) is 11.2 Å². The van der Waals surface area contributed by atoms with Crippen molar-refractivity contribution >= 4 is 0 Å². The predicted molar refractivity (Wildman–Crippen MR) is 77.2 cm³/mol. The molecule has 2 fully saturated rings. The number of ether oxygens (including phenoxy) is 2. The van der Waals surface area contributed by atoms with Crippen molar-refractivity contribution < 1.29 is 9.47 Å². The fraction of sp³-hybridized carbons (Fsp3) is 1.00. The molecule has 0 bridgehead atoms. The van der Waals surface area contributed by atoms with Crippen LogP contribution in [0.2, 0.25) is 0 Å². The minimum Gasteiger partial charge on any atom is -0.381 e. The second kappa shape index (κ2) is 5.32. The van der Waals surface area contributed by atoms with Gasteiger partial charge in [-0.15, -0.1) is 0 Å². The number of hydrogen-bond acceptors (Lipinski definition) is 4. The van der Waals surface area contributed by atoms with Crippen molar-refractivity contribution in [3.05, 3.63) is 0 Å². The van der Waals surface area contributed by atoms with Crippen molar-refractivity contribution in [2.45, 2.75) is 76.3 Å². The molecule has 19 heavy (non-hydrogen) atoms. The first-order chi connectivity index (χ1) is 8.79. The lowest BCUT2D eigenvalue weighted by Crippen LogP contribution is -2.57. The molecular weight excluding hydrogens is 240 g/mol. The molecule has 0 aliphatic carbocycles. The van der Waals surface area contributed by atoms with Crippen molar-refractivity contribution in [2.75, 3.05) is 20.2 Å². The monoisotopic (exact) mass is 270 g/mol. The van der Waals surface area contributed by atoms with Crippen molar-refractivity contribution in [1.29, 1.82) is 0 Å². The van der Waals surface area contributed by atoms with E-state index in [0.717, 1.165) is 25.8 Å². The fourth-order valence-electron chi connectivity index (χ4n) is 3.94. The van der Waals surface area contributed by atoms with Gasteiger partial charge in [-0.25, -0.2) is 0 Å². The first-order valence-electron chi connectivity index (χ1n) is 7.48. The van der Waals surface area contributed by atoms with E-state index in [1.807, 2.05) is 0 Å². The smallest absolute Gasteiger partial charge is 0.0789 e. The lowest BCUT2D eigenvalue weighted by atomic mass is 9.88. The summed E-state index contributed by atoms with van der Waals surface area (Å²) in [4.78, 5) is 2.57. The second-order valence-corrected chi connectivity index (χ2v) is 7.19. The van der Waals surface area contributed by atoms with Gasteiger partial charge in [-0.05, 0) is 47.0 Å². The Morgan fingerprint density at radius 2 is 2.00 bits per heavy atom. The van der Waals surface area contributed by atoms with E-state index in [1.165, 1.54) is 0 Å². The minimum absolute atomic E-state index is 0.0363. The van der Waals surface area contributed by atoms with E-state index in [4.69, 9.17) is 15.2 Å². The van der Waals surface area contributed by atoms with Gasteiger partial charge in [0.1, 0.15) is 0 Å². The SMILES string of the molecule is COC1CCN(C2CC(C)(C)OC2(C)C)C(CN)C1. The van der Waals surface area contributed by atoms with E-state index in [2.05, 4.69) is 32.6 Å². The zero-order chi connectivity index (χ0) is 14.3. The van der Waals surface area contributed by atoms with Gasteiger partial charge < -0.3 is 15.2 Å². The maximum Gasteiger partial charge on any atom is 0.0789 e. The zero-order valence-corrected chi connectivity index (χ0v) is 13.1. The third-order valence-electron chi connectivity index (χ3n) is 4.75. The molecule has 0 saturated carbocycles. The zero-order valence-electron chi connectivity index (χ0n) is 13.1. The molecule has 0 aromatic heterocycles. The molecule has 2 aliphatic heterocycles. The van der Waals surface area contributed by atoms with Crippen molar-refractivity contribution in [3.63, 3.8) is 0 Å². The number of nitrogens with zero attached hydrogens (tertiary/aromatic N) is 1. The molecule has 2 aliphatic rings. The molecule has 4 heteroatoms. The largest absolute Gasteiger partial charge is 0.381 e. The summed E-state index contributed by atoms with van der Waals surface area (Å²) in [5.41, 5.74) is 5.86. The number of rotatable bonds is 3. The van der Waals surface area contributed by atoms with Crippen LogP contribution in [-0.2, 0) is 9.47 Å². The Labute approximate surface area is 117 Å². The van der Waals surface area contributed by atoms with Crippen LogP contribution in [0, 0.1) is 0 Å². The van der Waals surface area contributed by atoms with Crippen LogP contribution in [0.25, 0.3) is 0 Å². The Morgan fingerprint density at radius 1 is 1.32 bits per heavy atom. The topological polar surface area (TPSA) is 47.7 Å². The van der Waals surface area contributed by atoms with Crippen molar-refractivity contribution in [1.82, 2.24) is 4.90 Å². The highest BCUT2D eigenvalue weighted by Crippen LogP contribution is 2.42. The summed E-state index contributed by atoms with van der Waals surface area (Å²) in [5.74, 6) is 0. The summed E-state index contributed by atoms with van der Waals surface area (Å²) in [6, 6.07) is 0.870. The summed E-state index contributed by atoms with van der Waals surface area (Å²) in [6.45, 7) is 10.6. The first kappa shape index (κ1) is 15.2. The Balaban J connectivity index is 2.12. The summed E-state index contributed by atoms with van der Waals surface area (Å²) >= 11 is 0. The molecule has 0 amide bonds. The van der Waals surface area contributed by atoms with Crippen LogP contribution in [0.15, 0.2) is 0 Å². The molecule has 3 unspecified atom stereocenters. The highest BCUT2D eigenvalue weighted by Gasteiger charge is 2.50. The van der Waals surface area contributed by atoms with Gasteiger partial charge in [0.15, 0.2) is 0 Å². The van der Waals surface area contributed by atoms with E-state index in [0.29, 0.717) is 24.7 Å². The third-order valence-corrected chi connectivity index (χ3v) is 4.75. The highest BCUT2D eigenvalue weighted by atomic mass is 16.5. The van der Waals surface area contributed by atoms with Gasteiger partial charge in [0.05, 0.1) is 17.3 Å². The standard InChI is InChI=1S/C15H30N2O2/c1-14(2)9-13(15(3,4)19-14)17-7-6-12(18-5)8-11(17)10-16/h11-13H,6-10,16H2,1-5H3. The molecule has 2 N–H and O–H groups in total. The molecule has 0 radical (unpaired) electrons. The third kappa shape index (κ3) is 3.13. The molecule has 2 rings (SSSR count). The van der Waals surface area contributed by atoms with Crippen LogP contribution in [0.5, 0.6) is 0 Å². The van der Waals surface area contributed by atoms with E-state index < -0.39 is 0 Å². The summed E-state index contributed by atoms with van der Waals surface area (Å²) in [6.07, 6.45) is 3.58. The van der Waals surface area contributed by atoms with Crippen LogP contribution >= 0.6 is 0 Å². The Bertz CT molecular complexity index is 317. The minimum atomic E-state index is -0.100. The number of hydrogen-bond donors (Lipinski definition) is 1. The summed E-state index contributed by atoms with van der Waals surface area (Å²) in [5, 5.41) is 0. The average Bonchev–Trinajstić information content (AvgIpc) is 2.56. The average molecular weight is 270 g/mol. The predicted octanol–water partition coefficient (Wildman–Crippen LogP) is 1.77. The highest BCUT2D eigenvalue weighted by molar-refractivity contribution is 5.03. The molecule has 0 aromatic rings. The van der Waals surface area contributed by atoms with Gasteiger partial charge >= 0.3 is 0 Å². The number of methoxy groups -OCH3 is 1. The van der Waals surface area contributed by atoms with Crippen LogP contribution in [-0.4, -0.2) is 54.5 Å². The maximum atomic E-state index is 6.23. The number of nitrogens with two attached hydrogens (primary N) is 1. The fourth-order valence-corrected chi connectivity index (χ4v) is 3.94. The summed E-state index contributed by atoms with van der Waals surface area (Å²) in [7, 11) is 1.81. The normalized spacial score (nSPS) is 38.5. The molecule has 2 saturated heterocycles. The maximum absolute atomic E-state index is 6.23. The Kier molecular flexibility index (Phi) is 4.26. The molecular formula is C15H30N2O2. The van der Waals surface area contributed by atoms with Gasteiger partial charge in [0, 0.05) is 32.3 Å². The van der Waals surface area contributed by atoms with Gasteiger partial charge in [-0.1, -0.05) is 0 Å². The number of likely N-dealkylation sites (tertiary alicyclic amines) is 1. The van der Waals surface area contributed by atoms with E-state index in [1.54, 1.807) is 7.11 Å². The van der Waals surface area contributed by atoms with Crippen LogP contribution in [0.1, 0.15) is 47.0 Å². The van der Waals surface area contributed by atoms with E-state index >= 15 is 0 Å². The van der Waals surface area contributed by atoms with Gasteiger partial charge in [-0.2, -0.15) is 0 Å². The lowest BCUT2D eigenvalue weighted by Gasteiger charge is -2.45. The molecule has 4 nitrogen and oxygen atoms in total. The Morgan fingerprint density at radius 3 is 2.47 bits per heavy atom. The van der Waals surface area contributed by atoms with E-state index in [9.17, 15) is 0 Å². The lowest BCUT2D eigenvalue weighted by molar-refractivity contribution is -0.0923. The first-order valence-corrected chi connectivity index (χ1v) is 7.48. The van der Waals surface area contributed by atoms with Crippen molar-refractivity contribution in [2.24, 2.45) is 5.73 Å². The molecule has 3 atom stereocenters. The Hall–Kier alpha value is -0.160. The van der Waals surface area contributed by atoms with Crippen LogP contribution in [0.3, 0.4) is 0 Å². The molecule has 112 valence electrons. The molecule has 0 aromatic carbocycles. The van der Waals surface area contributed by atoms with Gasteiger partial charge in [0.25, 0.3) is 0 Å². The molecule has 0 spiro atoms. The van der Waals surface area contributed by atoms with Gasteiger partial charge in [-0.3, -0.25) is 4.90 Å². The van der Waals surface area contributed by atoms with Crippen LogP contribution in [0.4, 0.5) is 0 Å². The van der Waals surface area contributed by atoms with Crippen LogP contribution < -0.4 is 5.73 Å².